The van der Waals surface area contributed by atoms with Crippen molar-refractivity contribution in [1.82, 2.24) is 0 Å². The number of hydrogen-bond donors (Lipinski definition) is 2. The summed E-state index contributed by atoms with van der Waals surface area (Å²) in [6, 6.07) is 4.19. The Morgan fingerprint density at radius 2 is 1.78 bits per heavy atom. The molecule has 1 unspecified atom stereocenters. The third kappa shape index (κ3) is 3.31. The SMILES string of the molecule is COCC(O)(CCCN)c1cc(C)c(C)cc1C. The zero-order valence-corrected chi connectivity index (χ0v) is 11.9. The molecule has 0 spiro atoms. The zero-order chi connectivity index (χ0) is 13.8. The van der Waals surface area contributed by atoms with Gasteiger partial charge in [-0.05, 0) is 62.4 Å². The largest absolute Gasteiger partial charge is 0.383 e. The molecule has 0 saturated heterocycles. The Morgan fingerprint density at radius 3 is 2.33 bits per heavy atom. The van der Waals surface area contributed by atoms with Crippen LogP contribution >= 0.6 is 0 Å². The molecule has 18 heavy (non-hydrogen) atoms. The van der Waals surface area contributed by atoms with Gasteiger partial charge in [-0.1, -0.05) is 12.1 Å². The summed E-state index contributed by atoms with van der Waals surface area (Å²) in [4.78, 5) is 0. The highest BCUT2D eigenvalue weighted by Crippen LogP contribution is 2.31. The summed E-state index contributed by atoms with van der Waals surface area (Å²) in [6.45, 7) is 7.06. The quantitative estimate of drug-likeness (QED) is 0.815. The zero-order valence-electron chi connectivity index (χ0n) is 11.9. The molecule has 0 fully saturated rings. The molecule has 102 valence electrons. The van der Waals surface area contributed by atoms with Gasteiger partial charge in [-0.15, -0.1) is 0 Å². The van der Waals surface area contributed by atoms with Gasteiger partial charge in [0, 0.05) is 7.11 Å². The summed E-state index contributed by atoms with van der Waals surface area (Å²) in [7, 11) is 1.61. The van der Waals surface area contributed by atoms with Crippen molar-refractivity contribution < 1.29 is 9.84 Å². The van der Waals surface area contributed by atoms with Gasteiger partial charge in [0.2, 0.25) is 0 Å². The summed E-state index contributed by atoms with van der Waals surface area (Å²) in [5, 5.41) is 10.8. The van der Waals surface area contributed by atoms with Crippen LogP contribution in [-0.2, 0) is 10.3 Å². The molecule has 0 aliphatic carbocycles. The van der Waals surface area contributed by atoms with Crippen molar-refractivity contribution in [3.63, 3.8) is 0 Å². The van der Waals surface area contributed by atoms with Crippen molar-refractivity contribution in [3.8, 4) is 0 Å². The molecule has 0 amide bonds. The average Bonchev–Trinajstić information content (AvgIpc) is 2.31. The lowest BCUT2D eigenvalue weighted by molar-refractivity contribution is -0.0434. The first kappa shape index (κ1) is 15.2. The molecule has 0 bridgehead atoms. The van der Waals surface area contributed by atoms with E-state index in [9.17, 15) is 5.11 Å². The average molecular weight is 251 g/mol. The Bertz CT molecular complexity index is 404. The van der Waals surface area contributed by atoms with Gasteiger partial charge in [0.15, 0.2) is 0 Å². The van der Waals surface area contributed by atoms with E-state index in [0.29, 0.717) is 19.6 Å². The van der Waals surface area contributed by atoms with E-state index in [1.165, 1.54) is 11.1 Å². The number of ether oxygens (including phenoxy) is 1. The van der Waals surface area contributed by atoms with Crippen LogP contribution < -0.4 is 5.73 Å². The van der Waals surface area contributed by atoms with Gasteiger partial charge in [-0.2, -0.15) is 0 Å². The first-order chi connectivity index (χ1) is 8.44. The summed E-state index contributed by atoms with van der Waals surface area (Å²) >= 11 is 0. The van der Waals surface area contributed by atoms with E-state index in [0.717, 1.165) is 17.5 Å². The maximum Gasteiger partial charge on any atom is 0.113 e. The molecule has 0 saturated carbocycles. The molecule has 0 aliphatic rings. The van der Waals surface area contributed by atoms with Crippen molar-refractivity contribution in [1.29, 1.82) is 0 Å². The van der Waals surface area contributed by atoms with Gasteiger partial charge in [0.05, 0.1) is 6.61 Å². The number of nitrogens with two attached hydrogens (primary N) is 1. The standard InChI is InChI=1S/C15H25NO2/c1-11-8-13(3)14(9-12(11)2)15(17,10-18-4)6-5-7-16/h8-9,17H,5-7,10,16H2,1-4H3. The smallest absolute Gasteiger partial charge is 0.113 e. The normalized spacial score (nSPS) is 14.6. The molecule has 1 rings (SSSR count). The minimum Gasteiger partial charge on any atom is -0.383 e. The van der Waals surface area contributed by atoms with Crippen LogP contribution in [-0.4, -0.2) is 25.4 Å². The molecule has 1 aromatic rings. The maximum atomic E-state index is 10.8. The first-order valence-corrected chi connectivity index (χ1v) is 6.44. The van der Waals surface area contributed by atoms with Crippen LogP contribution in [0.3, 0.4) is 0 Å². The fourth-order valence-corrected chi connectivity index (χ4v) is 2.38. The second-order valence-corrected chi connectivity index (χ2v) is 5.11. The van der Waals surface area contributed by atoms with E-state index in [1.807, 2.05) is 6.92 Å². The second-order valence-electron chi connectivity index (χ2n) is 5.11. The van der Waals surface area contributed by atoms with Crippen molar-refractivity contribution in [2.75, 3.05) is 20.3 Å². The van der Waals surface area contributed by atoms with E-state index in [-0.39, 0.29) is 0 Å². The number of methoxy groups -OCH3 is 1. The Labute approximate surface area is 110 Å². The Hall–Kier alpha value is -0.900. The fourth-order valence-electron chi connectivity index (χ4n) is 2.38. The lowest BCUT2D eigenvalue weighted by Crippen LogP contribution is -2.33. The van der Waals surface area contributed by atoms with E-state index in [1.54, 1.807) is 7.11 Å². The summed E-state index contributed by atoms with van der Waals surface area (Å²) in [6.07, 6.45) is 1.41. The van der Waals surface area contributed by atoms with Crippen LogP contribution in [0.25, 0.3) is 0 Å². The van der Waals surface area contributed by atoms with Gasteiger partial charge in [0.1, 0.15) is 5.60 Å². The molecule has 1 aromatic carbocycles. The second kappa shape index (κ2) is 6.32. The van der Waals surface area contributed by atoms with E-state index >= 15 is 0 Å². The predicted octanol–water partition coefficient (Wildman–Crippen LogP) is 2.18. The topological polar surface area (TPSA) is 55.5 Å². The highest BCUT2D eigenvalue weighted by atomic mass is 16.5. The van der Waals surface area contributed by atoms with Gasteiger partial charge >= 0.3 is 0 Å². The van der Waals surface area contributed by atoms with E-state index in [4.69, 9.17) is 10.5 Å². The third-order valence-electron chi connectivity index (χ3n) is 3.52. The molecule has 3 nitrogen and oxygen atoms in total. The molecule has 0 aromatic heterocycles. The Morgan fingerprint density at radius 1 is 1.17 bits per heavy atom. The van der Waals surface area contributed by atoms with E-state index < -0.39 is 5.60 Å². The fraction of sp³-hybridized carbons (Fsp3) is 0.600. The van der Waals surface area contributed by atoms with Crippen LogP contribution in [0.1, 0.15) is 35.1 Å². The number of rotatable bonds is 6. The monoisotopic (exact) mass is 251 g/mol. The molecule has 3 N–H and O–H groups in total. The van der Waals surface area contributed by atoms with Crippen molar-refractivity contribution in [3.05, 3.63) is 34.4 Å². The van der Waals surface area contributed by atoms with Crippen molar-refractivity contribution >= 4 is 0 Å². The number of benzene rings is 1. The highest BCUT2D eigenvalue weighted by molar-refractivity contribution is 5.39. The number of aliphatic hydroxyl groups is 1. The van der Waals surface area contributed by atoms with Gasteiger partial charge < -0.3 is 15.6 Å². The minimum atomic E-state index is -0.934. The molecule has 0 radical (unpaired) electrons. The van der Waals surface area contributed by atoms with Crippen LogP contribution in [0.15, 0.2) is 12.1 Å². The number of hydrogen-bond acceptors (Lipinski definition) is 3. The lowest BCUT2D eigenvalue weighted by atomic mass is 9.85. The number of aryl methyl sites for hydroxylation is 3. The van der Waals surface area contributed by atoms with Crippen LogP contribution in [0.4, 0.5) is 0 Å². The summed E-state index contributed by atoms with van der Waals surface area (Å²) in [5.41, 5.74) is 9.12. The summed E-state index contributed by atoms with van der Waals surface area (Å²) < 4.78 is 5.19. The molecule has 1 atom stereocenters. The molecular weight excluding hydrogens is 226 g/mol. The first-order valence-electron chi connectivity index (χ1n) is 6.44. The Balaban J connectivity index is 3.16. The van der Waals surface area contributed by atoms with Crippen LogP contribution in [0.5, 0.6) is 0 Å². The molecular formula is C15H25NO2. The summed E-state index contributed by atoms with van der Waals surface area (Å²) in [5.74, 6) is 0. The predicted molar refractivity (Wildman–Crippen MR) is 74.7 cm³/mol. The highest BCUT2D eigenvalue weighted by Gasteiger charge is 2.30. The van der Waals surface area contributed by atoms with Gasteiger partial charge in [-0.25, -0.2) is 0 Å². The van der Waals surface area contributed by atoms with E-state index in [2.05, 4.69) is 26.0 Å². The van der Waals surface area contributed by atoms with Crippen molar-refractivity contribution in [2.24, 2.45) is 5.73 Å². The molecule has 0 aliphatic heterocycles. The molecule has 3 heteroatoms. The lowest BCUT2D eigenvalue weighted by Gasteiger charge is -2.30. The maximum absolute atomic E-state index is 10.8. The van der Waals surface area contributed by atoms with Gasteiger partial charge in [0.25, 0.3) is 0 Å². The van der Waals surface area contributed by atoms with Crippen molar-refractivity contribution in [2.45, 2.75) is 39.2 Å². The van der Waals surface area contributed by atoms with Gasteiger partial charge in [-0.3, -0.25) is 0 Å². The minimum absolute atomic E-state index is 0.302. The Kier molecular flexibility index (Phi) is 5.32. The third-order valence-corrected chi connectivity index (χ3v) is 3.52. The van der Waals surface area contributed by atoms with Crippen LogP contribution in [0.2, 0.25) is 0 Å². The molecule has 0 heterocycles. The van der Waals surface area contributed by atoms with Crippen LogP contribution in [0, 0.1) is 20.8 Å².